The van der Waals surface area contributed by atoms with Gasteiger partial charge in [-0.1, -0.05) is 174 Å². The van der Waals surface area contributed by atoms with Crippen LogP contribution in [0.2, 0.25) is 0 Å². The van der Waals surface area contributed by atoms with E-state index in [1.165, 1.54) is 96.3 Å². The molecule has 0 radical (unpaired) electrons. The van der Waals surface area contributed by atoms with Crippen LogP contribution in [-0.2, 0) is 77.4 Å². The van der Waals surface area contributed by atoms with E-state index in [9.17, 15) is 56.9 Å². The fraction of sp³-hybridized carbons (Fsp3) is 0.951. The highest BCUT2D eigenvalue weighted by Crippen LogP contribution is 2.32. The maximum atomic E-state index is 13.5. The molecule has 1 rings (SSSR count). The van der Waals surface area contributed by atoms with E-state index in [0.717, 1.165) is 64.2 Å². The van der Waals surface area contributed by atoms with Crippen molar-refractivity contribution >= 4 is 53.4 Å². The van der Waals surface area contributed by atoms with Crippen molar-refractivity contribution in [3.8, 4) is 0 Å². The van der Waals surface area contributed by atoms with E-state index >= 15 is 0 Å². The Bertz CT molecular complexity index is 1790. The van der Waals surface area contributed by atoms with Crippen molar-refractivity contribution < 1.29 is 87.7 Å². The summed E-state index contributed by atoms with van der Waals surface area (Å²) in [5.74, 6) is -1.35. The average Bonchev–Trinajstić information content (AvgIpc) is 3.22. The molecule has 0 aliphatic carbocycles. The molecule has 6 atom stereocenters. The minimum Gasteiger partial charge on any atom is -0.354 e. The molecule has 1 aliphatic rings. The van der Waals surface area contributed by atoms with Gasteiger partial charge < -0.3 is 20.1 Å². The van der Waals surface area contributed by atoms with Gasteiger partial charge in [-0.3, -0.25) is 27.8 Å². The van der Waals surface area contributed by atoms with Crippen molar-refractivity contribution in [1.29, 1.82) is 0 Å². The molecule has 1 fully saturated rings. The molecular formula is C41H80N2O20S4. The molecule has 26 heteroatoms. The molecule has 0 aromatic rings. The monoisotopic (exact) mass is 1050 g/mol. The lowest BCUT2D eigenvalue weighted by atomic mass is 9.99. The fourth-order valence-corrected chi connectivity index (χ4v) is 9.45. The molecule has 0 saturated carbocycles. The Balaban J connectivity index is 3.05. The van der Waals surface area contributed by atoms with Crippen molar-refractivity contribution in [1.82, 2.24) is 10.6 Å². The van der Waals surface area contributed by atoms with E-state index in [1.807, 2.05) is 0 Å². The SMILES string of the molecule is CCCCCCCCCCCCCCCCCC(=O)N[C@@H](CO[C@@H]1O[C@H](COS(=O)(=O)O)[C@H](OS(=O)(=O)O)[C@H](OS(=O)(=O)O)[C@H]1OS(=O)(=O)O)C(=O)NCCCCCCCCCCCCCC. The summed E-state index contributed by atoms with van der Waals surface area (Å²) < 4.78 is 160. The summed E-state index contributed by atoms with van der Waals surface area (Å²) in [6, 6.07) is -1.56. The zero-order valence-electron chi connectivity index (χ0n) is 39.3. The fourth-order valence-electron chi connectivity index (χ4n) is 7.65. The summed E-state index contributed by atoms with van der Waals surface area (Å²) in [4.78, 5) is 26.7. The van der Waals surface area contributed by atoms with Gasteiger partial charge in [0, 0.05) is 13.0 Å². The first kappa shape index (κ1) is 63.4. The number of rotatable bonds is 43. The second-order valence-corrected chi connectivity index (χ2v) is 21.3. The molecule has 2 amide bonds. The van der Waals surface area contributed by atoms with Gasteiger partial charge in [-0.25, -0.2) is 16.7 Å². The molecule has 0 aromatic heterocycles. The van der Waals surface area contributed by atoms with Gasteiger partial charge in [0.2, 0.25) is 11.8 Å². The van der Waals surface area contributed by atoms with Crippen LogP contribution < -0.4 is 10.6 Å². The summed E-state index contributed by atoms with van der Waals surface area (Å²) in [6.45, 7) is 2.18. The number of hydrogen-bond acceptors (Lipinski definition) is 16. The molecule has 22 nitrogen and oxygen atoms in total. The first-order valence-corrected chi connectivity index (χ1v) is 29.4. The number of unbranched alkanes of at least 4 members (excludes halogenated alkanes) is 25. The number of ether oxygens (including phenoxy) is 2. The van der Waals surface area contributed by atoms with Crippen LogP contribution in [0.5, 0.6) is 0 Å². The second kappa shape index (κ2) is 35.4. The Morgan fingerprint density at radius 2 is 0.881 bits per heavy atom. The first-order chi connectivity index (χ1) is 31.5. The van der Waals surface area contributed by atoms with Gasteiger partial charge in [-0.15, -0.1) is 0 Å². The van der Waals surface area contributed by atoms with Crippen LogP contribution in [0.4, 0.5) is 0 Å². The van der Waals surface area contributed by atoms with E-state index < -0.39 is 103 Å². The Labute approximate surface area is 400 Å². The molecule has 0 spiro atoms. The highest BCUT2D eigenvalue weighted by molar-refractivity contribution is 7.81. The van der Waals surface area contributed by atoms with E-state index in [-0.39, 0.29) is 13.0 Å². The lowest BCUT2D eigenvalue weighted by Gasteiger charge is -2.43. The summed E-state index contributed by atoms with van der Waals surface area (Å²) in [5.41, 5.74) is 0. The normalized spacial score (nSPS) is 19.9. The summed E-state index contributed by atoms with van der Waals surface area (Å²) in [5, 5.41) is 5.22. The van der Waals surface area contributed by atoms with Crippen LogP contribution >= 0.6 is 0 Å². The van der Waals surface area contributed by atoms with Crippen LogP contribution in [0.15, 0.2) is 0 Å². The van der Waals surface area contributed by atoms with Crippen LogP contribution in [0.25, 0.3) is 0 Å². The number of carbonyl (C=O) groups excluding carboxylic acids is 2. The van der Waals surface area contributed by atoms with Gasteiger partial charge in [0.1, 0.15) is 24.4 Å². The smallest absolute Gasteiger partial charge is 0.354 e. The predicted molar refractivity (Wildman–Crippen MR) is 247 cm³/mol. The molecule has 1 aliphatic heterocycles. The Kier molecular flexibility index (Phi) is 33.5. The third kappa shape index (κ3) is 35.2. The number of hydrogen-bond donors (Lipinski definition) is 6. The van der Waals surface area contributed by atoms with Gasteiger partial charge in [-0.05, 0) is 12.8 Å². The van der Waals surface area contributed by atoms with Crippen molar-refractivity contribution in [2.24, 2.45) is 0 Å². The lowest BCUT2D eigenvalue weighted by Crippen LogP contribution is -2.63. The molecular weight excluding hydrogens is 969 g/mol. The van der Waals surface area contributed by atoms with E-state index in [0.29, 0.717) is 12.8 Å². The largest absolute Gasteiger partial charge is 0.397 e. The third-order valence-corrected chi connectivity index (χ3v) is 12.9. The quantitative estimate of drug-likeness (QED) is 0.0274. The van der Waals surface area contributed by atoms with Crippen LogP contribution in [0.1, 0.15) is 194 Å². The van der Waals surface area contributed by atoms with E-state index in [4.69, 9.17) is 14.0 Å². The molecule has 1 saturated heterocycles. The van der Waals surface area contributed by atoms with Gasteiger partial charge in [0.25, 0.3) is 0 Å². The zero-order chi connectivity index (χ0) is 50.2. The van der Waals surface area contributed by atoms with Crippen LogP contribution in [0, 0.1) is 0 Å². The highest BCUT2D eigenvalue weighted by Gasteiger charge is 2.54. The molecule has 0 bridgehead atoms. The lowest BCUT2D eigenvalue weighted by molar-refractivity contribution is -0.287. The van der Waals surface area contributed by atoms with Gasteiger partial charge in [0.05, 0.1) is 13.2 Å². The van der Waals surface area contributed by atoms with E-state index in [1.54, 1.807) is 0 Å². The average molecular weight is 1050 g/mol. The van der Waals surface area contributed by atoms with E-state index in [2.05, 4.69) is 41.2 Å². The standard InChI is InChI=1S/C41H80N2O20S4/c1-3-5-7-9-11-13-15-17-18-19-20-22-24-26-28-30-36(44)43-34(40(45)42-31-29-27-25-23-21-16-14-12-10-8-6-4-2)32-58-41-39(63-67(55,56)57)38(62-66(52,53)54)37(61-65(49,50)51)35(60-41)33-59-64(46,47)48/h34-35,37-39,41H,3-33H2,1-2H3,(H,42,45)(H,43,44)(H,46,47,48)(H,49,50,51)(H,52,53,54)(H,55,56,57)/t34-,35+,37-,38-,39+,41+/m0/s1. The zero-order valence-corrected chi connectivity index (χ0v) is 42.6. The molecule has 1 heterocycles. The minimum atomic E-state index is -5.76. The molecule has 398 valence electrons. The summed E-state index contributed by atoms with van der Waals surface area (Å²) in [7, 11) is -22.5. The Morgan fingerprint density at radius 1 is 0.507 bits per heavy atom. The number of amides is 2. The first-order valence-electron chi connectivity index (χ1n) is 24.0. The highest BCUT2D eigenvalue weighted by atomic mass is 32.3. The van der Waals surface area contributed by atoms with Gasteiger partial charge in [0.15, 0.2) is 12.4 Å². The van der Waals surface area contributed by atoms with Crippen LogP contribution in [0.3, 0.4) is 0 Å². The molecule has 0 unspecified atom stereocenters. The van der Waals surface area contributed by atoms with Crippen molar-refractivity contribution in [3.63, 3.8) is 0 Å². The van der Waals surface area contributed by atoms with Crippen molar-refractivity contribution in [2.45, 2.75) is 230 Å². The number of carbonyl (C=O) groups is 2. The number of nitrogens with one attached hydrogen (secondary N) is 2. The van der Waals surface area contributed by atoms with Crippen molar-refractivity contribution in [3.05, 3.63) is 0 Å². The van der Waals surface area contributed by atoms with Crippen molar-refractivity contribution in [2.75, 3.05) is 19.8 Å². The Morgan fingerprint density at radius 3 is 1.28 bits per heavy atom. The maximum absolute atomic E-state index is 13.5. The maximum Gasteiger partial charge on any atom is 0.397 e. The predicted octanol–water partition coefficient (Wildman–Crippen LogP) is 6.67. The topological polar surface area (TPSA) is 331 Å². The van der Waals surface area contributed by atoms with Gasteiger partial charge in [-0.2, -0.15) is 33.7 Å². The van der Waals surface area contributed by atoms with Gasteiger partial charge >= 0.3 is 41.6 Å². The molecule has 6 N–H and O–H groups in total. The third-order valence-electron chi connectivity index (χ3n) is 11.1. The minimum absolute atomic E-state index is 0.00314. The Hall–Kier alpha value is -1.66. The van der Waals surface area contributed by atoms with Crippen LogP contribution in [-0.4, -0.2) is 120 Å². The second-order valence-electron chi connectivity index (χ2n) is 17.1. The summed E-state index contributed by atoms with van der Waals surface area (Å²) in [6.07, 6.45) is 16.7. The summed E-state index contributed by atoms with van der Waals surface area (Å²) >= 11 is 0. The molecule has 0 aromatic carbocycles. The molecule has 67 heavy (non-hydrogen) atoms.